The Morgan fingerprint density at radius 2 is 2.10 bits per heavy atom. The van der Waals surface area contributed by atoms with Gasteiger partial charge in [0, 0.05) is 11.4 Å². The summed E-state index contributed by atoms with van der Waals surface area (Å²) in [6, 6.07) is 7.82. The summed E-state index contributed by atoms with van der Waals surface area (Å²) >= 11 is 5.73. The molecule has 102 valence electrons. The van der Waals surface area contributed by atoms with E-state index in [1.54, 1.807) is 18.2 Å². The Balaban J connectivity index is 1.93. The van der Waals surface area contributed by atoms with Crippen LogP contribution in [0.3, 0.4) is 0 Å². The number of carbonyl (C=O) groups excluding carboxylic acids is 1. The average Bonchev–Trinajstić information content (AvgIpc) is 2.73. The van der Waals surface area contributed by atoms with Crippen molar-refractivity contribution in [3.8, 4) is 0 Å². The van der Waals surface area contributed by atoms with Crippen LogP contribution in [0.2, 0.25) is 5.02 Å². The smallest absolute Gasteiger partial charge is 0.228 e. The molecule has 4 nitrogen and oxygen atoms in total. The number of nitrogens with two attached hydrogens (primary N) is 1. The lowest BCUT2D eigenvalue weighted by Crippen LogP contribution is -2.03. The van der Waals surface area contributed by atoms with E-state index in [2.05, 4.69) is 10.6 Å². The normalized spacial score (nSPS) is 13.0. The number of nitrogen functional groups attached to an aromatic ring is 1. The van der Waals surface area contributed by atoms with E-state index in [0.717, 1.165) is 11.3 Å². The number of hydrogen-bond donors (Lipinski definition) is 3. The van der Waals surface area contributed by atoms with Gasteiger partial charge in [0.05, 0.1) is 22.8 Å². The molecule has 2 aromatic rings. The zero-order valence-corrected chi connectivity index (χ0v) is 11.1. The number of benzene rings is 2. The van der Waals surface area contributed by atoms with E-state index in [4.69, 9.17) is 17.3 Å². The van der Waals surface area contributed by atoms with Crippen LogP contribution in [-0.2, 0) is 11.2 Å². The van der Waals surface area contributed by atoms with Crippen molar-refractivity contribution in [2.24, 2.45) is 0 Å². The summed E-state index contributed by atoms with van der Waals surface area (Å²) in [5.41, 5.74) is 9.32. The third kappa shape index (κ3) is 2.28. The maximum absolute atomic E-state index is 13.1. The number of rotatable bonds is 2. The average molecular weight is 292 g/mol. The van der Waals surface area contributed by atoms with Gasteiger partial charge in [-0.2, -0.15) is 0 Å². The minimum absolute atomic E-state index is 0.0306. The molecule has 1 aliphatic heterocycles. The first-order chi connectivity index (χ1) is 9.52. The van der Waals surface area contributed by atoms with Crippen LogP contribution >= 0.6 is 11.6 Å². The molecule has 0 atom stereocenters. The Morgan fingerprint density at radius 1 is 1.30 bits per heavy atom. The second-order valence-corrected chi connectivity index (χ2v) is 4.98. The van der Waals surface area contributed by atoms with E-state index in [0.29, 0.717) is 23.5 Å². The van der Waals surface area contributed by atoms with E-state index < -0.39 is 5.82 Å². The molecule has 0 unspecified atom stereocenters. The Hall–Kier alpha value is -2.27. The van der Waals surface area contributed by atoms with Gasteiger partial charge in [-0.25, -0.2) is 4.39 Å². The lowest BCUT2D eigenvalue weighted by Gasteiger charge is -2.12. The third-order valence-electron chi connectivity index (χ3n) is 3.10. The maximum Gasteiger partial charge on any atom is 0.228 e. The molecule has 0 saturated heterocycles. The van der Waals surface area contributed by atoms with Gasteiger partial charge in [0.1, 0.15) is 5.82 Å². The molecule has 0 fully saturated rings. The molecular formula is C14H11ClFN3O. The largest absolute Gasteiger partial charge is 0.397 e. The monoisotopic (exact) mass is 291 g/mol. The van der Waals surface area contributed by atoms with Crippen molar-refractivity contribution in [3.63, 3.8) is 0 Å². The molecule has 1 heterocycles. The third-order valence-corrected chi connectivity index (χ3v) is 3.39. The van der Waals surface area contributed by atoms with Crippen molar-refractivity contribution < 1.29 is 9.18 Å². The summed E-state index contributed by atoms with van der Waals surface area (Å²) in [7, 11) is 0. The Kier molecular flexibility index (Phi) is 2.99. The first-order valence-electron chi connectivity index (χ1n) is 5.97. The van der Waals surface area contributed by atoms with Crippen molar-refractivity contribution in [1.82, 2.24) is 0 Å². The first-order valence-corrected chi connectivity index (χ1v) is 6.35. The second kappa shape index (κ2) is 4.68. The number of nitrogens with one attached hydrogen (secondary N) is 2. The molecule has 0 bridgehead atoms. The van der Waals surface area contributed by atoms with Crippen LogP contribution in [0.4, 0.5) is 27.1 Å². The lowest BCUT2D eigenvalue weighted by molar-refractivity contribution is -0.115. The molecule has 0 radical (unpaired) electrons. The van der Waals surface area contributed by atoms with E-state index in [1.807, 2.05) is 0 Å². The van der Waals surface area contributed by atoms with Crippen LogP contribution < -0.4 is 16.4 Å². The fourth-order valence-corrected chi connectivity index (χ4v) is 2.31. The molecular weight excluding hydrogens is 281 g/mol. The van der Waals surface area contributed by atoms with Crippen LogP contribution in [-0.4, -0.2) is 5.91 Å². The van der Waals surface area contributed by atoms with E-state index in [1.165, 1.54) is 12.1 Å². The molecule has 0 aromatic heterocycles. The summed E-state index contributed by atoms with van der Waals surface area (Å²) < 4.78 is 13.1. The van der Waals surface area contributed by atoms with Gasteiger partial charge in [0.25, 0.3) is 0 Å². The summed E-state index contributed by atoms with van der Waals surface area (Å²) in [4.78, 5) is 11.3. The Bertz CT molecular complexity index is 718. The molecule has 1 amide bonds. The molecule has 0 saturated carbocycles. The van der Waals surface area contributed by atoms with E-state index in [-0.39, 0.29) is 10.9 Å². The number of carbonyl (C=O) groups is 1. The van der Waals surface area contributed by atoms with Gasteiger partial charge in [-0.15, -0.1) is 0 Å². The summed E-state index contributed by atoms with van der Waals surface area (Å²) in [5.74, 6) is -0.534. The van der Waals surface area contributed by atoms with E-state index in [9.17, 15) is 9.18 Å². The fourth-order valence-electron chi connectivity index (χ4n) is 2.13. The van der Waals surface area contributed by atoms with Gasteiger partial charge < -0.3 is 16.4 Å². The van der Waals surface area contributed by atoms with Crippen LogP contribution in [0, 0.1) is 5.82 Å². The molecule has 20 heavy (non-hydrogen) atoms. The van der Waals surface area contributed by atoms with Crippen LogP contribution in [0.15, 0.2) is 30.3 Å². The Labute approximate surface area is 119 Å². The maximum atomic E-state index is 13.1. The van der Waals surface area contributed by atoms with Crippen LogP contribution in [0.5, 0.6) is 0 Å². The predicted octanol–water partition coefficient (Wildman–Crippen LogP) is 3.30. The van der Waals surface area contributed by atoms with Crippen LogP contribution in [0.25, 0.3) is 0 Å². The lowest BCUT2D eigenvalue weighted by atomic mass is 10.1. The zero-order valence-electron chi connectivity index (χ0n) is 10.3. The topological polar surface area (TPSA) is 67.2 Å². The van der Waals surface area contributed by atoms with Crippen molar-refractivity contribution in [1.29, 1.82) is 0 Å². The van der Waals surface area contributed by atoms with Gasteiger partial charge in [0.15, 0.2) is 0 Å². The number of halogens is 2. The van der Waals surface area contributed by atoms with Crippen LogP contribution in [0.1, 0.15) is 5.56 Å². The second-order valence-electron chi connectivity index (χ2n) is 4.58. The summed E-state index contributed by atoms with van der Waals surface area (Å²) in [5, 5.41) is 5.84. The van der Waals surface area contributed by atoms with Gasteiger partial charge in [-0.1, -0.05) is 11.6 Å². The molecule has 6 heteroatoms. The van der Waals surface area contributed by atoms with Gasteiger partial charge in [0.2, 0.25) is 5.91 Å². The van der Waals surface area contributed by atoms with Crippen molar-refractivity contribution in [2.75, 3.05) is 16.4 Å². The highest BCUT2D eigenvalue weighted by molar-refractivity contribution is 6.31. The molecule has 3 rings (SSSR count). The highest BCUT2D eigenvalue weighted by Gasteiger charge is 2.19. The predicted molar refractivity (Wildman–Crippen MR) is 77.9 cm³/mol. The molecule has 2 aromatic carbocycles. The highest BCUT2D eigenvalue weighted by Crippen LogP contribution is 2.33. The van der Waals surface area contributed by atoms with Crippen molar-refractivity contribution >= 4 is 40.3 Å². The van der Waals surface area contributed by atoms with E-state index >= 15 is 0 Å². The van der Waals surface area contributed by atoms with Gasteiger partial charge in [-0.3, -0.25) is 4.79 Å². The Morgan fingerprint density at radius 3 is 2.85 bits per heavy atom. The molecule has 1 aliphatic rings. The molecule has 0 spiro atoms. The summed E-state index contributed by atoms with van der Waals surface area (Å²) in [6.45, 7) is 0. The minimum atomic E-state index is -0.480. The van der Waals surface area contributed by atoms with Gasteiger partial charge >= 0.3 is 0 Å². The van der Waals surface area contributed by atoms with Gasteiger partial charge in [-0.05, 0) is 35.9 Å². The minimum Gasteiger partial charge on any atom is -0.397 e. The highest BCUT2D eigenvalue weighted by atomic mass is 35.5. The SMILES string of the molecule is Nc1cc2c(cc1Nc1ccc(F)c(Cl)c1)NC(=O)C2. The molecule has 4 N–H and O–H groups in total. The summed E-state index contributed by atoms with van der Waals surface area (Å²) in [6.07, 6.45) is 0.336. The van der Waals surface area contributed by atoms with Crippen molar-refractivity contribution in [2.45, 2.75) is 6.42 Å². The fraction of sp³-hybridized carbons (Fsp3) is 0.0714. The quantitative estimate of drug-likeness (QED) is 0.744. The van der Waals surface area contributed by atoms with Crippen molar-refractivity contribution in [3.05, 3.63) is 46.7 Å². The number of amides is 1. The molecule has 0 aliphatic carbocycles. The number of fused-ring (bicyclic) bond motifs is 1. The number of hydrogen-bond acceptors (Lipinski definition) is 3. The standard InChI is InChI=1S/C14H11ClFN3O/c15-9-5-8(1-2-10(9)16)18-13-6-12-7(3-11(13)17)4-14(20)19-12/h1-3,5-6,18H,4,17H2,(H,19,20). The number of anilines is 4. The first kappa shape index (κ1) is 12.7. The zero-order chi connectivity index (χ0) is 14.3.